The van der Waals surface area contributed by atoms with Gasteiger partial charge in [-0.3, -0.25) is 0 Å². The van der Waals surface area contributed by atoms with Crippen molar-refractivity contribution in [2.45, 2.75) is 0 Å². The van der Waals surface area contributed by atoms with Crippen molar-refractivity contribution >= 4 is 65.6 Å². The third-order valence-corrected chi connectivity index (χ3v) is 11.3. The van der Waals surface area contributed by atoms with Crippen LogP contribution in [0.5, 0.6) is 0 Å². The number of benzene rings is 8. The second-order valence-electron chi connectivity index (χ2n) is 14.7. The van der Waals surface area contributed by atoms with Crippen LogP contribution in [-0.4, -0.2) is 15.0 Å². The lowest BCUT2D eigenvalue weighted by atomic mass is 9.95. The van der Waals surface area contributed by atoms with E-state index in [1.165, 1.54) is 0 Å². The SMILES string of the molecule is c1ccc(-c2nc(-c3ccc(-c4cccc5c4oc4ccc6c(-c7ccccc7)nc7ccccc7c6c45)cc3)cc(-c3cccc4oc5ccccc5c34)n2)cc1. The Morgan fingerprint density at radius 3 is 1.81 bits per heavy atom. The molecule has 0 N–H and O–H groups in total. The molecule has 4 aromatic heterocycles. The van der Waals surface area contributed by atoms with Crippen molar-refractivity contribution in [2.75, 3.05) is 0 Å². The molecule has 270 valence electrons. The van der Waals surface area contributed by atoms with Gasteiger partial charge in [0.25, 0.3) is 0 Å². The van der Waals surface area contributed by atoms with Gasteiger partial charge in [0.05, 0.1) is 22.6 Å². The van der Waals surface area contributed by atoms with E-state index in [-0.39, 0.29) is 0 Å². The van der Waals surface area contributed by atoms with Gasteiger partial charge in [-0.05, 0) is 42.0 Å². The van der Waals surface area contributed by atoms with Crippen LogP contribution in [-0.2, 0) is 0 Å². The van der Waals surface area contributed by atoms with Gasteiger partial charge in [0.15, 0.2) is 5.82 Å². The maximum atomic E-state index is 6.80. The molecule has 0 aliphatic carbocycles. The molecular weight excluding hydrogens is 711 g/mol. The minimum atomic E-state index is 0.666. The van der Waals surface area contributed by atoms with E-state index in [0.717, 1.165) is 116 Å². The predicted octanol–water partition coefficient (Wildman–Crippen LogP) is 14.3. The van der Waals surface area contributed by atoms with Crippen LogP contribution in [0.2, 0.25) is 0 Å². The first-order valence-electron chi connectivity index (χ1n) is 19.4. The lowest BCUT2D eigenvalue weighted by molar-refractivity contribution is 0.669. The zero-order valence-corrected chi connectivity index (χ0v) is 31.1. The minimum absolute atomic E-state index is 0.666. The van der Waals surface area contributed by atoms with E-state index in [1.54, 1.807) is 0 Å². The second-order valence-corrected chi connectivity index (χ2v) is 14.7. The molecule has 12 aromatic rings. The van der Waals surface area contributed by atoms with Gasteiger partial charge in [-0.15, -0.1) is 0 Å². The van der Waals surface area contributed by atoms with Gasteiger partial charge in [-0.25, -0.2) is 15.0 Å². The summed E-state index contributed by atoms with van der Waals surface area (Å²) in [6.07, 6.45) is 0. The highest BCUT2D eigenvalue weighted by molar-refractivity contribution is 6.29. The van der Waals surface area contributed by atoms with E-state index in [1.807, 2.05) is 54.6 Å². The summed E-state index contributed by atoms with van der Waals surface area (Å²) in [5.74, 6) is 0.666. The Morgan fingerprint density at radius 2 is 0.966 bits per heavy atom. The molecule has 0 spiro atoms. The molecule has 0 atom stereocenters. The fourth-order valence-corrected chi connectivity index (χ4v) is 8.63. The van der Waals surface area contributed by atoms with Gasteiger partial charge in [0, 0.05) is 65.5 Å². The average molecular weight is 742 g/mol. The van der Waals surface area contributed by atoms with Gasteiger partial charge in [-0.1, -0.05) is 152 Å². The van der Waals surface area contributed by atoms with Crippen molar-refractivity contribution in [3.05, 3.63) is 188 Å². The first-order valence-corrected chi connectivity index (χ1v) is 19.4. The number of aromatic nitrogens is 3. The largest absolute Gasteiger partial charge is 0.456 e. The fraction of sp³-hybridized carbons (Fsp3) is 0. The molecule has 0 aliphatic rings. The Morgan fingerprint density at radius 1 is 0.328 bits per heavy atom. The highest BCUT2D eigenvalue weighted by Crippen LogP contribution is 2.44. The molecule has 58 heavy (non-hydrogen) atoms. The number of para-hydroxylation sites is 3. The molecule has 4 heterocycles. The summed E-state index contributed by atoms with van der Waals surface area (Å²) in [4.78, 5) is 15.5. The molecular formula is C53H31N3O2. The molecule has 0 saturated carbocycles. The van der Waals surface area contributed by atoms with Crippen molar-refractivity contribution in [3.63, 3.8) is 0 Å². The maximum Gasteiger partial charge on any atom is 0.160 e. The van der Waals surface area contributed by atoms with Gasteiger partial charge in [-0.2, -0.15) is 0 Å². The van der Waals surface area contributed by atoms with Crippen molar-refractivity contribution in [2.24, 2.45) is 0 Å². The first kappa shape index (κ1) is 32.4. The van der Waals surface area contributed by atoms with Crippen molar-refractivity contribution in [1.29, 1.82) is 0 Å². The zero-order valence-electron chi connectivity index (χ0n) is 31.1. The minimum Gasteiger partial charge on any atom is -0.456 e. The van der Waals surface area contributed by atoms with Crippen molar-refractivity contribution in [3.8, 4) is 56.3 Å². The van der Waals surface area contributed by atoms with E-state index in [4.69, 9.17) is 23.8 Å². The summed E-state index contributed by atoms with van der Waals surface area (Å²) in [6, 6.07) is 64.7. The van der Waals surface area contributed by atoms with Crippen LogP contribution < -0.4 is 0 Å². The van der Waals surface area contributed by atoms with Crippen LogP contribution in [0.4, 0.5) is 0 Å². The van der Waals surface area contributed by atoms with Crippen LogP contribution in [0.1, 0.15) is 0 Å². The van der Waals surface area contributed by atoms with Crippen LogP contribution in [0.15, 0.2) is 197 Å². The summed E-state index contributed by atoms with van der Waals surface area (Å²) in [5.41, 5.74) is 13.1. The number of rotatable bonds is 5. The molecule has 5 nitrogen and oxygen atoms in total. The summed E-state index contributed by atoms with van der Waals surface area (Å²) < 4.78 is 13.1. The van der Waals surface area contributed by atoms with Crippen LogP contribution in [0.3, 0.4) is 0 Å². The molecule has 0 bridgehead atoms. The Balaban J connectivity index is 1.01. The highest BCUT2D eigenvalue weighted by atomic mass is 16.3. The first-order chi connectivity index (χ1) is 28.7. The molecule has 0 amide bonds. The monoisotopic (exact) mass is 741 g/mol. The lowest BCUT2D eigenvalue weighted by Gasteiger charge is -2.11. The number of nitrogens with zero attached hydrogens (tertiary/aromatic N) is 3. The molecule has 8 aromatic carbocycles. The summed E-state index contributed by atoms with van der Waals surface area (Å²) in [6.45, 7) is 0. The Kier molecular flexibility index (Phi) is 7.16. The zero-order chi connectivity index (χ0) is 38.2. The Hall–Kier alpha value is -7.89. The number of hydrogen-bond donors (Lipinski definition) is 0. The van der Waals surface area contributed by atoms with E-state index >= 15 is 0 Å². The molecule has 0 aliphatic heterocycles. The number of fused-ring (bicyclic) bond motifs is 10. The summed E-state index contributed by atoms with van der Waals surface area (Å²) in [7, 11) is 0. The number of furan rings is 2. The standard InChI is InChI=1S/C53H31N3O2/c1-3-13-34(14-4-1)51-40-29-30-47-50(49(40)37-17-7-9-22-42(37)54-51)41-21-11-19-36(52(41)58-47)32-25-27-33(28-26-32)43-31-44(56-53(55-43)35-15-5-2-6-16-35)38-20-12-24-46-48(38)39-18-8-10-23-45(39)57-46/h1-31H. The van der Waals surface area contributed by atoms with Crippen molar-refractivity contribution in [1.82, 2.24) is 15.0 Å². The quantitative estimate of drug-likeness (QED) is 0.164. The molecule has 5 heteroatoms. The lowest BCUT2D eigenvalue weighted by Crippen LogP contribution is -1.96. The van der Waals surface area contributed by atoms with Crippen LogP contribution in [0, 0.1) is 0 Å². The van der Waals surface area contributed by atoms with Gasteiger partial charge in [0.1, 0.15) is 22.3 Å². The molecule has 0 fully saturated rings. The summed E-state index contributed by atoms with van der Waals surface area (Å²) >= 11 is 0. The van der Waals surface area contributed by atoms with E-state index in [0.29, 0.717) is 5.82 Å². The fourth-order valence-electron chi connectivity index (χ4n) is 8.63. The molecule has 0 unspecified atom stereocenters. The summed E-state index contributed by atoms with van der Waals surface area (Å²) in [5, 5.41) is 7.65. The van der Waals surface area contributed by atoms with Crippen LogP contribution >= 0.6 is 0 Å². The topological polar surface area (TPSA) is 65.0 Å². The van der Waals surface area contributed by atoms with Crippen LogP contribution in [0.25, 0.3) is 122 Å². The Labute approximate surface area is 332 Å². The van der Waals surface area contributed by atoms with E-state index in [2.05, 4.69) is 133 Å². The Bertz CT molecular complexity index is 3550. The third kappa shape index (κ3) is 5.07. The van der Waals surface area contributed by atoms with Gasteiger partial charge in [0.2, 0.25) is 0 Å². The number of hydrogen-bond acceptors (Lipinski definition) is 5. The average Bonchev–Trinajstić information content (AvgIpc) is 3.88. The third-order valence-electron chi connectivity index (χ3n) is 11.3. The second kappa shape index (κ2) is 12.8. The van der Waals surface area contributed by atoms with Crippen molar-refractivity contribution < 1.29 is 8.83 Å². The normalized spacial score (nSPS) is 11.8. The highest BCUT2D eigenvalue weighted by Gasteiger charge is 2.20. The van der Waals surface area contributed by atoms with E-state index < -0.39 is 0 Å². The molecule has 12 rings (SSSR count). The van der Waals surface area contributed by atoms with E-state index in [9.17, 15) is 0 Å². The molecule has 0 radical (unpaired) electrons. The molecule has 0 saturated heterocycles. The number of pyridine rings is 1. The maximum absolute atomic E-state index is 6.80. The smallest absolute Gasteiger partial charge is 0.160 e. The van der Waals surface area contributed by atoms with Gasteiger partial charge >= 0.3 is 0 Å². The predicted molar refractivity (Wildman–Crippen MR) is 237 cm³/mol. The van der Waals surface area contributed by atoms with Gasteiger partial charge < -0.3 is 8.83 Å².